The summed E-state index contributed by atoms with van der Waals surface area (Å²) in [5.41, 5.74) is 0.906. The van der Waals surface area contributed by atoms with Crippen LogP contribution in [-0.4, -0.2) is 17.7 Å². The Labute approximate surface area is 97.2 Å². The summed E-state index contributed by atoms with van der Waals surface area (Å²) in [6.45, 7) is 2.18. The number of rotatable bonds is 4. The number of aryl methyl sites for hydroxylation is 1. The largest absolute Gasteiger partial charge is 0.508 e. The van der Waals surface area contributed by atoms with Crippen LogP contribution < -0.4 is 0 Å². The standard InChI is InChI=1S/C11H13BrO3/c1-2-15-11(14)6-3-8-7-9(13)4-5-10(8)12/h4-5,7,13H,2-3,6H2,1H3. The highest BCUT2D eigenvalue weighted by atomic mass is 79.9. The second-order valence-electron chi connectivity index (χ2n) is 3.08. The predicted octanol–water partition coefficient (Wildman–Crippen LogP) is 2.65. The Bertz CT molecular complexity index is 350. The zero-order valence-corrected chi connectivity index (χ0v) is 10.1. The van der Waals surface area contributed by atoms with E-state index in [4.69, 9.17) is 4.74 Å². The highest BCUT2D eigenvalue weighted by molar-refractivity contribution is 9.10. The quantitative estimate of drug-likeness (QED) is 0.858. The molecule has 1 N–H and O–H groups in total. The number of phenolic OH excluding ortho intramolecular Hbond substituents is 1. The van der Waals surface area contributed by atoms with Gasteiger partial charge in [0, 0.05) is 10.9 Å². The van der Waals surface area contributed by atoms with Gasteiger partial charge in [0.05, 0.1) is 6.61 Å². The van der Waals surface area contributed by atoms with Crippen LogP contribution in [0, 0.1) is 0 Å². The molecule has 1 rings (SSSR count). The third kappa shape index (κ3) is 3.91. The minimum absolute atomic E-state index is 0.206. The Hall–Kier alpha value is -1.03. The smallest absolute Gasteiger partial charge is 0.306 e. The molecule has 3 nitrogen and oxygen atoms in total. The number of hydrogen-bond acceptors (Lipinski definition) is 3. The van der Waals surface area contributed by atoms with E-state index in [0.29, 0.717) is 19.4 Å². The van der Waals surface area contributed by atoms with Gasteiger partial charge in [0.1, 0.15) is 5.75 Å². The van der Waals surface area contributed by atoms with Crippen LogP contribution in [0.4, 0.5) is 0 Å². The van der Waals surface area contributed by atoms with Crippen molar-refractivity contribution in [2.75, 3.05) is 6.61 Å². The summed E-state index contributed by atoms with van der Waals surface area (Å²) >= 11 is 3.36. The summed E-state index contributed by atoms with van der Waals surface area (Å²) in [5, 5.41) is 9.27. The van der Waals surface area contributed by atoms with Crippen molar-refractivity contribution in [1.82, 2.24) is 0 Å². The fourth-order valence-electron chi connectivity index (χ4n) is 1.22. The molecule has 0 atom stereocenters. The molecule has 0 aliphatic carbocycles. The third-order valence-corrected chi connectivity index (χ3v) is 2.71. The van der Waals surface area contributed by atoms with Crippen LogP contribution in [0.1, 0.15) is 18.9 Å². The molecule has 0 bridgehead atoms. The van der Waals surface area contributed by atoms with Crippen molar-refractivity contribution in [3.05, 3.63) is 28.2 Å². The number of esters is 1. The average Bonchev–Trinajstić information content (AvgIpc) is 2.20. The minimum Gasteiger partial charge on any atom is -0.508 e. The fraction of sp³-hybridized carbons (Fsp3) is 0.364. The maximum Gasteiger partial charge on any atom is 0.306 e. The Kier molecular flexibility index (Phi) is 4.62. The Balaban J connectivity index is 2.57. The molecule has 15 heavy (non-hydrogen) atoms. The molecule has 1 aromatic rings. The Morgan fingerprint density at radius 3 is 2.93 bits per heavy atom. The molecule has 0 saturated heterocycles. The van der Waals surface area contributed by atoms with E-state index in [1.165, 1.54) is 0 Å². The van der Waals surface area contributed by atoms with Gasteiger partial charge in [0.25, 0.3) is 0 Å². The van der Waals surface area contributed by atoms with Crippen molar-refractivity contribution in [2.24, 2.45) is 0 Å². The molecule has 82 valence electrons. The zero-order valence-electron chi connectivity index (χ0n) is 8.50. The molecule has 0 aliphatic rings. The molecular formula is C11H13BrO3. The molecule has 0 spiro atoms. The lowest BCUT2D eigenvalue weighted by atomic mass is 10.1. The molecule has 0 saturated carbocycles. The predicted molar refractivity (Wildman–Crippen MR) is 60.8 cm³/mol. The van der Waals surface area contributed by atoms with Crippen LogP contribution in [-0.2, 0) is 16.0 Å². The van der Waals surface area contributed by atoms with Crippen LogP contribution in [0.5, 0.6) is 5.75 Å². The second kappa shape index (κ2) is 5.75. The minimum atomic E-state index is -0.215. The van der Waals surface area contributed by atoms with Crippen molar-refractivity contribution < 1.29 is 14.6 Å². The lowest BCUT2D eigenvalue weighted by molar-refractivity contribution is -0.143. The number of hydrogen-bond donors (Lipinski definition) is 1. The fourth-order valence-corrected chi connectivity index (χ4v) is 1.67. The van der Waals surface area contributed by atoms with Crippen molar-refractivity contribution in [1.29, 1.82) is 0 Å². The van der Waals surface area contributed by atoms with E-state index in [1.54, 1.807) is 25.1 Å². The number of ether oxygens (including phenoxy) is 1. The number of benzene rings is 1. The number of carbonyl (C=O) groups excluding carboxylic acids is 1. The van der Waals surface area contributed by atoms with Crippen molar-refractivity contribution in [2.45, 2.75) is 19.8 Å². The highest BCUT2D eigenvalue weighted by Crippen LogP contribution is 2.22. The van der Waals surface area contributed by atoms with Crippen LogP contribution in [0.15, 0.2) is 22.7 Å². The molecule has 0 amide bonds. The molecule has 0 radical (unpaired) electrons. The first-order valence-corrected chi connectivity index (χ1v) is 5.55. The van der Waals surface area contributed by atoms with Crippen LogP contribution >= 0.6 is 15.9 Å². The van der Waals surface area contributed by atoms with Crippen molar-refractivity contribution >= 4 is 21.9 Å². The number of carbonyl (C=O) groups is 1. The van der Waals surface area contributed by atoms with Gasteiger partial charge in [0.15, 0.2) is 0 Å². The highest BCUT2D eigenvalue weighted by Gasteiger charge is 2.06. The number of phenols is 1. The van der Waals surface area contributed by atoms with Gasteiger partial charge in [-0.3, -0.25) is 4.79 Å². The first-order valence-electron chi connectivity index (χ1n) is 4.76. The second-order valence-corrected chi connectivity index (χ2v) is 3.94. The topological polar surface area (TPSA) is 46.5 Å². The number of halogens is 1. The average molecular weight is 273 g/mol. The summed E-state index contributed by atoms with van der Waals surface area (Å²) in [4.78, 5) is 11.1. The van der Waals surface area contributed by atoms with Gasteiger partial charge in [0.2, 0.25) is 0 Å². The molecule has 0 unspecified atom stereocenters. The normalized spacial score (nSPS) is 10.0. The SMILES string of the molecule is CCOC(=O)CCc1cc(O)ccc1Br. The molecule has 0 heterocycles. The monoisotopic (exact) mass is 272 g/mol. The molecule has 0 aliphatic heterocycles. The van der Waals surface area contributed by atoms with Crippen LogP contribution in [0.25, 0.3) is 0 Å². The van der Waals surface area contributed by atoms with Gasteiger partial charge in [-0.1, -0.05) is 15.9 Å². The van der Waals surface area contributed by atoms with Crippen molar-refractivity contribution in [3.8, 4) is 5.75 Å². The summed E-state index contributed by atoms with van der Waals surface area (Å²) in [6.07, 6.45) is 0.893. The lowest BCUT2D eigenvalue weighted by Crippen LogP contribution is -2.05. The Morgan fingerprint density at radius 1 is 1.53 bits per heavy atom. The van der Waals surface area contributed by atoms with Crippen LogP contribution in [0.2, 0.25) is 0 Å². The summed E-state index contributed by atoms with van der Waals surface area (Å²) < 4.78 is 5.71. The summed E-state index contributed by atoms with van der Waals surface area (Å²) in [5.74, 6) is -0.00944. The molecule has 4 heteroatoms. The van der Waals surface area contributed by atoms with E-state index in [1.807, 2.05) is 0 Å². The molecule has 0 aromatic heterocycles. The first-order chi connectivity index (χ1) is 7.13. The molecule has 1 aromatic carbocycles. The number of aromatic hydroxyl groups is 1. The molecule has 0 fully saturated rings. The van der Waals surface area contributed by atoms with Crippen LogP contribution in [0.3, 0.4) is 0 Å². The van der Waals surface area contributed by atoms with Gasteiger partial charge in [-0.05, 0) is 37.1 Å². The third-order valence-electron chi connectivity index (χ3n) is 1.93. The Morgan fingerprint density at radius 2 is 2.27 bits per heavy atom. The maximum absolute atomic E-state index is 11.1. The van der Waals surface area contributed by atoms with E-state index in [9.17, 15) is 9.90 Å². The lowest BCUT2D eigenvalue weighted by Gasteiger charge is -2.05. The van der Waals surface area contributed by atoms with Gasteiger partial charge in [-0.15, -0.1) is 0 Å². The summed E-state index contributed by atoms with van der Waals surface area (Å²) in [7, 11) is 0. The first kappa shape index (κ1) is 12.0. The van der Waals surface area contributed by atoms with Crippen molar-refractivity contribution in [3.63, 3.8) is 0 Å². The van der Waals surface area contributed by atoms with E-state index in [0.717, 1.165) is 10.0 Å². The van der Waals surface area contributed by atoms with Gasteiger partial charge >= 0.3 is 5.97 Å². The zero-order chi connectivity index (χ0) is 11.3. The maximum atomic E-state index is 11.1. The van der Waals surface area contributed by atoms with Gasteiger partial charge in [-0.25, -0.2) is 0 Å². The summed E-state index contributed by atoms with van der Waals surface area (Å²) in [6, 6.07) is 5.00. The van der Waals surface area contributed by atoms with E-state index in [-0.39, 0.29) is 11.7 Å². The molecular weight excluding hydrogens is 260 g/mol. The van der Waals surface area contributed by atoms with Gasteiger partial charge in [-0.2, -0.15) is 0 Å². The van der Waals surface area contributed by atoms with Gasteiger partial charge < -0.3 is 9.84 Å². The van der Waals surface area contributed by atoms with E-state index < -0.39 is 0 Å². The van der Waals surface area contributed by atoms with E-state index in [2.05, 4.69) is 15.9 Å². The van der Waals surface area contributed by atoms with E-state index >= 15 is 0 Å².